The van der Waals surface area contributed by atoms with Gasteiger partial charge in [0.05, 0.1) is 22.0 Å². The minimum Gasteiger partial charge on any atom is -0.390 e. The van der Waals surface area contributed by atoms with Crippen LogP contribution in [0.3, 0.4) is 0 Å². The lowest BCUT2D eigenvalue weighted by atomic mass is 9.71. The minimum atomic E-state index is -4.07. The van der Waals surface area contributed by atoms with Gasteiger partial charge in [-0.1, -0.05) is 70.4 Å². The minimum absolute atomic E-state index is 0.0437. The number of hydrogen-bond donors (Lipinski definition) is 2. The molecule has 2 atom stereocenters. The van der Waals surface area contributed by atoms with E-state index in [0.29, 0.717) is 12.8 Å². The van der Waals surface area contributed by atoms with Gasteiger partial charge in [-0.25, -0.2) is 8.42 Å². The zero-order chi connectivity index (χ0) is 28.6. The van der Waals surface area contributed by atoms with Crippen LogP contribution in [0.1, 0.15) is 64.9 Å². The topological polar surface area (TPSA) is 130 Å². The molecule has 1 saturated carbocycles. The van der Waals surface area contributed by atoms with Gasteiger partial charge in [-0.3, -0.25) is 14.9 Å². The van der Waals surface area contributed by atoms with Crippen molar-refractivity contribution in [1.29, 1.82) is 0 Å². The lowest BCUT2D eigenvalue weighted by molar-refractivity contribution is -0.384. The van der Waals surface area contributed by atoms with Crippen LogP contribution in [0.5, 0.6) is 0 Å². The Balaban J connectivity index is 1.89. The van der Waals surface area contributed by atoms with Gasteiger partial charge in [0.1, 0.15) is 0 Å². The van der Waals surface area contributed by atoms with Gasteiger partial charge >= 0.3 is 0 Å². The Morgan fingerprint density at radius 2 is 1.67 bits per heavy atom. The van der Waals surface area contributed by atoms with E-state index in [4.69, 9.17) is 0 Å². The second-order valence-electron chi connectivity index (χ2n) is 11.0. The second kappa shape index (κ2) is 13.5. The quantitative estimate of drug-likeness (QED) is 0.271. The summed E-state index contributed by atoms with van der Waals surface area (Å²) in [6, 6.07) is 13.5. The SMILES string of the molecule is CCC1(C(=O)N[C@@H](Cc2ccccc2)[C@H](O)CN(CC(C)C)S(=O)(=O)c2ccc([N+](=O)[O-])cc2)CCCCC1. The predicted molar refractivity (Wildman–Crippen MR) is 151 cm³/mol. The summed E-state index contributed by atoms with van der Waals surface area (Å²) in [5.74, 6) is -0.129. The highest BCUT2D eigenvalue weighted by Gasteiger charge is 2.40. The van der Waals surface area contributed by atoms with Crippen LogP contribution < -0.4 is 5.32 Å². The van der Waals surface area contributed by atoms with E-state index in [9.17, 15) is 28.4 Å². The molecule has 0 radical (unpaired) electrons. The number of hydrogen-bond acceptors (Lipinski definition) is 6. The smallest absolute Gasteiger partial charge is 0.269 e. The Labute approximate surface area is 231 Å². The van der Waals surface area contributed by atoms with E-state index in [1.807, 2.05) is 51.1 Å². The monoisotopic (exact) mass is 559 g/mol. The number of benzene rings is 2. The van der Waals surface area contributed by atoms with E-state index in [1.165, 1.54) is 16.4 Å². The number of non-ortho nitro benzene ring substituents is 1. The summed E-state index contributed by atoms with van der Waals surface area (Å²) in [6.07, 6.45) is 4.57. The summed E-state index contributed by atoms with van der Waals surface area (Å²) in [5.41, 5.74) is 0.238. The molecule has 0 aromatic heterocycles. The molecular formula is C29H41N3O6S. The number of nitrogens with zero attached hydrogens (tertiary/aromatic N) is 2. The van der Waals surface area contributed by atoms with Crippen molar-refractivity contribution >= 4 is 21.6 Å². The molecule has 214 valence electrons. The molecule has 1 fully saturated rings. The van der Waals surface area contributed by atoms with Gasteiger partial charge in [0.25, 0.3) is 5.69 Å². The summed E-state index contributed by atoms with van der Waals surface area (Å²) in [4.78, 5) is 24.0. The van der Waals surface area contributed by atoms with Gasteiger partial charge in [-0.05, 0) is 49.3 Å². The number of aliphatic hydroxyl groups is 1. The van der Waals surface area contributed by atoms with Crippen LogP contribution in [-0.2, 0) is 21.2 Å². The third kappa shape index (κ3) is 7.86. The lowest BCUT2D eigenvalue weighted by Crippen LogP contribution is -2.54. The average molecular weight is 560 g/mol. The van der Waals surface area contributed by atoms with E-state index < -0.39 is 32.5 Å². The molecule has 0 spiro atoms. The zero-order valence-corrected chi connectivity index (χ0v) is 23.9. The molecule has 0 saturated heterocycles. The molecular weight excluding hydrogens is 518 g/mol. The van der Waals surface area contributed by atoms with Gasteiger partial charge in [0, 0.05) is 30.6 Å². The van der Waals surface area contributed by atoms with Gasteiger partial charge in [0.2, 0.25) is 15.9 Å². The maximum Gasteiger partial charge on any atom is 0.269 e. The standard InChI is InChI=1S/C29H41N3O6S/c1-4-29(17-9-6-10-18-29)28(34)30-26(19-23-11-7-5-8-12-23)27(33)21-31(20-22(2)3)39(37,38)25-15-13-24(14-16-25)32(35)36/h5,7-8,11-16,22,26-27,33H,4,6,9-10,17-21H2,1-3H3,(H,30,34)/t26-,27+/m0/s1. The van der Waals surface area contributed by atoms with Gasteiger partial charge in [0.15, 0.2) is 0 Å². The van der Waals surface area contributed by atoms with E-state index in [0.717, 1.165) is 49.8 Å². The van der Waals surface area contributed by atoms with Crippen molar-refractivity contribution in [1.82, 2.24) is 9.62 Å². The Kier molecular flexibility index (Phi) is 10.6. The summed E-state index contributed by atoms with van der Waals surface area (Å²) in [7, 11) is -4.07. The van der Waals surface area contributed by atoms with E-state index in [2.05, 4.69) is 5.32 Å². The first kappa shape index (κ1) is 30.7. The fraction of sp³-hybridized carbons (Fsp3) is 0.552. The van der Waals surface area contributed by atoms with Crippen molar-refractivity contribution in [2.24, 2.45) is 11.3 Å². The van der Waals surface area contributed by atoms with Crippen LogP contribution >= 0.6 is 0 Å². The molecule has 39 heavy (non-hydrogen) atoms. The van der Waals surface area contributed by atoms with Crippen molar-refractivity contribution in [3.63, 3.8) is 0 Å². The van der Waals surface area contributed by atoms with Gasteiger partial charge in [-0.15, -0.1) is 0 Å². The molecule has 2 aromatic rings. The molecule has 9 nitrogen and oxygen atoms in total. The molecule has 0 unspecified atom stereocenters. The van der Waals surface area contributed by atoms with Gasteiger partial charge in [-0.2, -0.15) is 4.31 Å². The van der Waals surface area contributed by atoms with Crippen LogP contribution in [0, 0.1) is 21.4 Å². The maximum atomic E-state index is 13.6. The number of nitrogens with one attached hydrogen (secondary N) is 1. The zero-order valence-electron chi connectivity index (χ0n) is 23.1. The maximum absolute atomic E-state index is 13.6. The Morgan fingerprint density at radius 1 is 1.05 bits per heavy atom. The Morgan fingerprint density at radius 3 is 2.21 bits per heavy atom. The number of sulfonamides is 1. The van der Waals surface area contributed by atoms with Crippen LogP contribution in [0.25, 0.3) is 0 Å². The van der Waals surface area contributed by atoms with Crippen molar-refractivity contribution in [3.8, 4) is 0 Å². The van der Waals surface area contributed by atoms with E-state index in [-0.39, 0.29) is 35.5 Å². The molecule has 1 aliphatic carbocycles. The van der Waals surface area contributed by atoms with Crippen molar-refractivity contribution < 1.29 is 23.2 Å². The Hall–Kier alpha value is -2.82. The molecule has 0 heterocycles. The third-order valence-electron chi connectivity index (χ3n) is 7.69. The predicted octanol–water partition coefficient (Wildman–Crippen LogP) is 4.69. The number of rotatable bonds is 13. The summed E-state index contributed by atoms with van der Waals surface area (Å²) >= 11 is 0. The molecule has 2 aromatic carbocycles. The van der Waals surface area contributed by atoms with Crippen LogP contribution in [0.15, 0.2) is 59.5 Å². The molecule has 3 rings (SSSR count). The normalized spacial score (nSPS) is 17.1. The number of nitro groups is 1. The van der Waals surface area contributed by atoms with Crippen LogP contribution in [-0.4, -0.2) is 53.9 Å². The number of aliphatic hydroxyl groups excluding tert-OH is 1. The summed E-state index contributed by atoms with van der Waals surface area (Å²) in [6.45, 7) is 5.69. The highest BCUT2D eigenvalue weighted by atomic mass is 32.2. The highest BCUT2D eigenvalue weighted by Crippen LogP contribution is 2.39. The molecule has 2 N–H and O–H groups in total. The van der Waals surface area contributed by atoms with Crippen molar-refractivity contribution in [2.75, 3.05) is 13.1 Å². The average Bonchev–Trinajstić information content (AvgIpc) is 2.92. The van der Waals surface area contributed by atoms with Crippen LogP contribution in [0.2, 0.25) is 0 Å². The molecule has 1 amide bonds. The number of carbonyl (C=O) groups is 1. The molecule has 10 heteroatoms. The lowest BCUT2D eigenvalue weighted by Gasteiger charge is -2.38. The van der Waals surface area contributed by atoms with Gasteiger partial charge < -0.3 is 10.4 Å². The first-order valence-electron chi connectivity index (χ1n) is 13.8. The van der Waals surface area contributed by atoms with E-state index >= 15 is 0 Å². The number of nitro benzene ring substituents is 1. The van der Waals surface area contributed by atoms with Crippen molar-refractivity contribution in [3.05, 3.63) is 70.3 Å². The van der Waals surface area contributed by atoms with Crippen LogP contribution in [0.4, 0.5) is 5.69 Å². The number of amides is 1. The summed E-state index contributed by atoms with van der Waals surface area (Å²) in [5, 5.41) is 25.6. The fourth-order valence-corrected chi connectivity index (χ4v) is 6.97. The molecule has 0 aliphatic heterocycles. The fourth-order valence-electron chi connectivity index (χ4n) is 5.35. The molecule has 1 aliphatic rings. The highest BCUT2D eigenvalue weighted by molar-refractivity contribution is 7.89. The molecule has 0 bridgehead atoms. The first-order valence-corrected chi connectivity index (χ1v) is 15.2. The second-order valence-corrected chi connectivity index (χ2v) is 12.9. The Bertz CT molecular complexity index is 1200. The first-order chi connectivity index (χ1) is 18.5. The largest absolute Gasteiger partial charge is 0.390 e. The van der Waals surface area contributed by atoms with Crippen molar-refractivity contribution in [2.45, 2.75) is 82.8 Å². The van der Waals surface area contributed by atoms with E-state index in [1.54, 1.807) is 0 Å². The number of carbonyl (C=O) groups excluding carboxylic acids is 1. The third-order valence-corrected chi connectivity index (χ3v) is 9.54. The summed E-state index contributed by atoms with van der Waals surface area (Å²) < 4.78 is 28.4.